The molecule has 14 heavy (non-hydrogen) atoms. The highest BCUT2D eigenvalue weighted by Crippen LogP contribution is 1.98. The second kappa shape index (κ2) is 4.75. The van der Waals surface area contributed by atoms with Crippen LogP contribution < -0.4 is 10.6 Å². The first kappa shape index (κ1) is 11.5. The highest BCUT2D eigenvalue weighted by atomic mass is 32.2. The van der Waals surface area contributed by atoms with Crippen molar-refractivity contribution < 1.29 is 13.2 Å². The average Bonchev–Trinajstić information content (AvgIpc) is 2.52. The number of carbonyl (C=O) groups is 1. The van der Waals surface area contributed by atoms with Gasteiger partial charge in [-0.2, -0.15) is 0 Å². The molecule has 1 amide bonds. The predicted molar refractivity (Wildman–Crippen MR) is 53.7 cm³/mol. The molecule has 1 aliphatic rings. The van der Waals surface area contributed by atoms with Crippen LogP contribution in [0, 0.1) is 0 Å². The van der Waals surface area contributed by atoms with Gasteiger partial charge in [0.2, 0.25) is 5.91 Å². The fourth-order valence-electron chi connectivity index (χ4n) is 1.36. The Kier molecular flexibility index (Phi) is 3.88. The molecule has 1 saturated heterocycles. The third-order valence-electron chi connectivity index (χ3n) is 2.13. The molecule has 5 nitrogen and oxygen atoms in total. The highest BCUT2D eigenvalue weighted by Gasteiger charge is 2.17. The maximum Gasteiger partial charge on any atom is 0.221 e. The number of hydrogen-bond donors (Lipinski definition) is 2. The van der Waals surface area contributed by atoms with E-state index < -0.39 is 9.84 Å². The molecule has 0 aromatic rings. The monoisotopic (exact) mass is 220 g/mol. The summed E-state index contributed by atoms with van der Waals surface area (Å²) in [5.74, 6) is -0.247. The molecule has 0 bridgehead atoms. The van der Waals surface area contributed by atoms with Crippen LogP contribution in [0.25, 0.3) is 0 Å². The van der Waals surface area contributed by atoms with Crippen LogP contribution in [-0.4, -0.2) is 45.5 Å². The molecule has 0 unspecified atom stereocenters. The van der Waals surface area contributed by atoms with E-state index in [4.69, 9.17) is 0 Å². The lowest BCUT2D eigenvalue weighted by molar-refractivity contribution is -0.121. The Balaban J connectivity index is 2.22. The summed E-state index contributed by atoms with van der Waals surface area (Å²) in [4.78, 5) is 11.2. The Morgan fingerprint density at radius 1 is 1.57 bits per heavy atom. The molecule has 0 aliphatic carbocycles. The van der Waals surface area contributed by atoms with E-state index in [0.717, 1.165) is 25.8 Å². The first-order valence-corrected chi connectivity index (χ1v) is 6.71. The standard InChI is InChI=1S/C8H16N2O3S/c1-14(12,13)5-3-8(11)10-7-2-4-9-6-7/h7,9H,2-6H2,1H3,(H,10,11)/t7-/m1/s1. The van der Waals surface area contributed by atoms with Crippen molar-refractivity contribution in [2.45, 2.75) is 18.9 Å². The number of hydrogen-bond acceptors (Lipinski definition) is 4. The minimum atomic E-state index is -3.03. The van der Waals surface area contributed by atoms with Crippen LogP contribution in [-0.2, 0) is 14.6 Å². The van der Waals surface area contributed by atoms with E-state index in [2.05, 4.69) is 10.6 Å². The molecule has 1 heterocycles. The molecular weight excluding hydrogens is 204 g/mol. The fourth-order valence-corrected chi connectivity index (χ4v) is 1.91. The molecule has 1 fully saturated rings. The molecule has 2 N–H and O–H groups in total. The van der Waals surface area contributed by atoms with Gasteiger partial charge >= 0.3 is 0 Å². The fraction of sp³-hybridized carbons (Fsp3) is 0.875. The van der Waals surface area contributed by atoms with Crippen LogP contribution in [0.1, 0.15) is 12.8 Å². The van der Waals surface area contributed by atoms with Gasteiger partial charge in [0.15, 0.2) is 0 Å². The van der Waals surface area contributed by atoms with Crippen molar-refractivity contribution in [2.24, 2.45) is 0 Å². The summed E-state index contributed by atoms with van der Waals surface area (Å²) in [6.45, 7) is 1.70. The third-order valence-corrected chi connectivity index (χ3v) is 3.07. The first-order chi connectivity index (χ1) is 6.47. The summed E-state index contributed by atoms with van der Waals surface area (Å²) in [5.41, 5.74) is 0. The summed E-state index contributed by atoms with van der Waals surface area (Å²) in [7, 11) is -3.03. The van der Waals surface area contributed by atoms with Crippen LogP contribution in [0.3, 0.4) is 0 Å². The van der Waals surface area contributed by atoms with Crippen molar-refractivity contribution in [3.05, 3.63) is 0 Å². The topological polar surface area (TPSA) is 75.3 Å². The van der Waals surface area contributed by atoms with Crippen molar-refractivity contribution in [1.29, 1.82) is 0 Å². The minimum Gasteiger partial charge on any atom is -0.352 e. The zero-order valence-electron chi connectivity index (χ0n) is 8.25. The van der Waals surface area contributed by atoms with Crippen molar-refractivity contribution in [2.75, 3.05) is 25.1 Å². The number of nitrogens with one attached hydrogen (secondary N) is 2. The number of rotatable bonds is 4. The number of amides is 1. The van der Waals surface area contributed by atoms with Gasteiger partial charge in [-0.15, -0.1) is 0 Å². The molecule has 0 spiro atoms. The maximum atomic E-state index is 11.2. The van der Waals surface area contributed by atoms with Crippen LogP contribution in [0.15, 0.2) is 0 Å². The van der Waals surface area contributed by atoms with Gasteiger partial charge in [-0.3, -0.25) is 4.79 Å². The first-order valence-electron chi connectivity index (χ1n) is 4.65. The van der Waals surface area contributed by atoms with E-state index >= 15 is 0 Å². The SMILES string of the molecule is CS(=O)(=O)CCC(=O)N[C@@H]1CCNC1. The van der Waals surface area contributed by atoms with Gasteiger partial charge in [0, 0.05) is 25.3 Å². The second-order valence-corrected chi connectivity index (χ2v) is 5.90. The molecule has 0 saturated carbocycles. The number of carbonyl (C=O) groups excluding carboxylic acids is 1. The molecule has 6 heteroatoms. The molecular formula is C8H16N2O3S. The van der Waals surface area contributed by atoms with Crippen LogP contribution in [0.5, 0.6) is 0 Å². The normalized spacial score (nSPS) is 22.2. The Hall–Kier alpha value is -0.620. The van der Waals surface area contributed by atoms with E-state index in [9.17, 15) is 13.2 Å². The van der Waals surface area contributed by atoms with Crippen molar-refractivity contribution in [3.8, 4) is 0 Å². The molecule has 1 atom stereocenters. The van der Waals surface area contributed by atoms with Gasteiger partial charge in [0.1, 0.15) is 9.84 Å². The molecule has 0 aromatic carbocycles. The Morgan fingerprint density at radius 3 is 2.79 bits per heavy atom. The summed E-state index contributed by atoms with van der Waals surface area (Å²) >= 11 is 0. The highest BCUT2D eigenvalue weighted by molar-refractivity contribution is 7.90. The molecule has 0 aromatic heterocycles. The van der Waals surface area contributed by atoms with E-state index in [1.807, 2.05) is 0 Å². The van der Waals surface area contributed by atoms with Gasteiger partial charge in [0.25, 0.3) is 0 Å². The summed E-state index contributed by atoms with van der Waals surface area (Å²) in [6, 6.07) is 0.169. The Labute approximate surface area is 84.2 Å². The Bertz CT molecular complexity index is 294. The smallest absolute Gasteiger partial charge is 0.221 e. The van der Waals surface area contributed by atoms with Crippen LogP contribution >= 0.6 is 0 Å². The van der Waals surface area contributed by atoms with Gasteiger partial charge in [0.05, 0.1) is 5.75 Å². The quantitative estimate of drug-likeness (QED) is 0.630. The summed E-state index contributed by atoms with van der Waals surface area (Å²) in [5, 5.41) is 5.90. The lowest BCUT2D eigenvalue weighted by Gasteiger charge is -2.10. The predicted octanol–water partition coefficient (Wildman–Crippen LogP) is -1.10. The molecule has 0 radical (unpaired) electrons. The lowest BCUT2D eigenvalue weighted by Crippen LogP contribution is -2.36. The lowest BCUT2D eigenvalue weighted by atomic mass is 10.2. The van der Waals surface area contributed by atoms with Gasteiger partial charge < -0.3 is 10.6 Å². The van der Waals surface area contributed by atoms with E-state index in [0.29, 0.717) is 0 Å². The van der Waals surface area contributed by atoms with Gasteiger partial charge in [-0.25, -0.2) is 8.42 Å². The third kappa shape index (κ3) is 4.57. The summed E-state index contributed by atoms with van der Waals surface area (Å²) in [6.07, 6.45) is 2.12. The molecule has 1 aliphatic heterocycles. The van der Waals surface area contributed by atoms with E-state index in [-0.39, 0.29) is 24.1 Å². The van der Waals surface area contributed by atoms with Crippen LogP contribution in [0.4, 0.5) is 0 Å². The number of sulfone groups is 1. The van der Waals surface area contributed by atoms with Crippen molar-refractivity contribution in [1.82, 2.24) is 10.6 Å². The molecule has 82 valence electrons. The Morgan fingerprint density at radius 2 is 2.29 bits per heavy atom. The maximum absolute atomic E-state index is 11.2. The van der Waals surface area contributed by atoms with E-state index in [1.54, 1.807) is 0 Å². The second-order valence-electron chi connectivity index (χ2n) is 3.64. The van der Waals surface area contributed by atoms with Gasteiger partial charge in [-0.05, 0) is 13.0 Å². The van der Waals surface area contributed by atoms with Crippen molar-refractivity contribution in [3.63, 3.8) is 0 Å². The van der Waals surface area contributed by atoms with Crippen LogP contribution in [0.2, 0.25) is 0 Å². The summed E-state index contributed by atoms with van der Waals surface area (Å²) < 4.78 is 21.6. The zero-order chi connectivity index (χ0) is 10.6. The molecule has 1 rings (SSSR count). The largest absolute Gasteiger partial charge is 0.352 e. The minimum absolute atomic E-state index is 0.0648. The average molecular weight is 220 g/mol. The van der Waals surface area contributed by atoms with Crippen molar-refractivity contribution >= 4 is 15.7 Å². The van der Waals surface area contributed by atoms with Gasteiger partial charge in [-0.1, -0.05) is 0 Å². The van der Waals surface area contributed by atoms with E-state index in [1.165, 1.54) is 0 Å². The zero-order valence-corrected chi connectivity index (χ0v) is 9.06.